The van der Waals surface area contributed by atoms with Gasteiger partial charge in [-0.1, -0.05) is 12.1 Å². The molecule has 2 aromatic heterocycles. The van der Waals surface area contributed by atoms with Crippen molar-refractivity contribution in [3.05, 3.63) is 52.2 Å². The predicted molar refractivity (Wildman–Crippen MR) is 76.4 cm³/mol. The van der Waals surface area contributed by atoms with Crippen LogP contribution in [0.1, 0.15) is 0 Å². The molecular formula is C13H10N4O2S. The van der Waals surface area contributed by atoms with Crippen molar-refractivity contribution in [2.24, 2.45) is 7.05 Å². The summed E-state index contributed by atoms with van der Waals surface area (Å²) in [5.74, 6) is 0. The molecule has 0 saturated carbocycles. The normalized spacial score (nSPS) is 10.7. The number of aromatic nitrogens is 3. The lowest BCUT2D eigenvalue weighted by Gasteiger charge is -1.96. The Morgan fingerprint density at radius 1 is 1.35 bits per heavy atom. The lowest BCUT2D eigenvalue weighted by atomic mass is 10.2. The van der Waals surface area contributed by atoms with Crippen LogP contribution in [0.15, 0.2) is 42.0 Å². The predicted octanol–water partition coefficient (Wildman–Crippen LogP) is 3.12. The van der Waals surface area contributed by atoms with Gasteiger partial charge in [0, 0.05) is 41.9 Å². The van der Waals surface area contributed by atoms with Gasteiger partial charge in [-0.3, -0.25) is 14.8 Å². The molecule has 0 saturated heterocycles. The molecule has 0 N–H and O–H groups in total. The molecule has 0 radical (unpaired) electrons. The second kappa shape index (κ2) is 4.86. The Bertz CT molecular complexity index is 778. The van der Waals surface area contributed by atoms with Crippen LogP contribution in [0, 0.1) is 10.1 Å². The van der Waals surface area contributed by atoms with Gasteiger partial charge >= 0.3 is 0 Å². The second-order valence-corrected chi connectivity index (χ2v) is 5.11. The van der Waals surface area contributed by atoms with E-state index in [2.05, 4.69) is 10.1 Å². The molecule has 0 bridgehead atoms. The average molecular weight is 286 g/mol. The van der Waals surface area contributed by atoms with Crippen molar-refractivity contribution in [1.82, 2.24) is 14.8 Å². The highest BCUT2D eigenvalue weighted by molar-refractivity contribution is 7.13. The van der Waals surface area contributed by atoms with Gasteiger partial charge in [0.1, 0.15) is 5.01 Å². The third-order valence-electron chi connectivity index (χ3n) is 2.81. The van der Waals surface area contributed by atoms with Gasteiger partial charge in [0.2, 0.25) is 0 Å². The molecule has 7 heteroatoms. The van der Waals surface area contributed by atoms with Crippen molar-refractivity contribution in [1.29, 1.82) is 0 Å². The minimum atomic E-state index is -0.404. The Balaban J connectivity index is 1.98. The summed E-state index contributed by atoms with van der Waals surface area (Å²) in [4.78, 5) is 14.9. The highest BCUT2D eigenvalue weighted by Gasteiger charge is 2.11. The Labute approximate surface area is 118 Å². The first-order valence-corrected chi connectivity index (χ1v) is 6.71. The van der Waals surface area contributed by atoms with E-state index in [-0.39, 0.29) is 5.69 Å². The van der Waals surface area contributed by atoms with Crippen molar-refractivity contribution in [3.8, 4) is 21.8 Å². The quantitative estimate of drug-likeness (QED) is 0.547. The Kier molecular flexibility index (Phi) is 3.03. The molecule has 2 heterocycles. The van der Waals surface area contributed by atoms with Crippen LogP contribution in [0.25, 0.3) is 21.8 Å². The number of nitro groups is 1. The van der Waals surface area contributed by atoms with Crippen LogP contribution in [-0.2, 0) is 7.05 Å². The number of benzene rings is 1. The van der Waals surface area contributed by atoms with Gasteiger partial charge < -0.3 is 0 Å². The standard InChI is InChI=1S/C13H10N4O2S/c1-16-7-10(6-14-16)12-8-20-13(15-12)9-3-2-4-11(5-9)17(18)19/h2-8H,1H3. The lowest BCUT2D eigenvalue weighted by molar-refractivity contribution is -0.384. The molecule has 3 rings (SSSR count). The van der Waals surface area contributed by atoms with Crippen molar-refractivity contribution in [2.75, 3.05) is 0 Å². The van der Waals surface area contributed by atoms with E-state index in [4.69, 9.17) is 0 Å². The fourth-order valence-electron chi connectivity index (χ4n) is 1.84. The topological polar surface area (TPSA) is 73.8 Å². The SMILES string of the molecule is Cn1cc(-c2csc(-c3cccc([N+](=O)[O-])c3)n2)cn1. The van der Waals surface area contributed by atoms with E-state index in [1.54, 1.807) is 16.9 Å². The molecule has 20 heavy (non-hydrogen) atoms. The smallest absolute Gasteiger partial charge is 0.270 e. The Morgan fingerprint density at radius 2 is 2.20 bits per heavy atom. The number of non-ortho nitro benzene ring substituents is 1. The Morgan fingerprint density at radius 3 is 2.90 bits per heavy atom. The molecule has 3 aromatic rings. The number of hydrogen-bond donors (Lipinski definition) is 0. The van der Waals surface area contributed by atoms with Crippen LogP contribution in [0.3, 0.4) is 0 Å². The van der Waals surface area contributed by atoms with E-state index < -0.39 is 4.92 Å². The molecule has 0 aliphatic carbocycles. The van der Waals surface area contributed by atoms with E-state index in [1.165, 1.54) is 23.5 Å². The maximum atomic E-state index is 10.8. The van der Waals surface area contributed by atoms with E-state index in [1.807, 2.05) is 24.7 Å². The summed E-state index contributed by atoms with van der Waals surface area (Å²) in [6.45, 7) is 0. The van der Waals surface area contributed by atoms with Gasteiger partial charge in [-0.15, -0.1) is 11.3 Å². The second-order valence-electron chi connectivity index (χ2n) is 4.25. The van der Waals surface area contributed by atoms with Gasteiger partial charge in [-0.05, 0) is 0 Å². The monoisotopic (exact) mass is 286 g/mol. The largest absolute Gasteiger partial charge is 0.275 e. The molecule has 0 unspecified atom stereocenters. The zero-order valence-corrected chi connectivity index (χ0v) is 11.4. The number of thiazole rings is 1. The van der Waals surface area contributed by atoms with E-state index in [9.17, 15) is 10.1 Å². The first-order valence-electron chi connectivity index (χ1n) is 5.83. The van der Waals surface area contributed by atoms with Gasteiger partial charge in [0.05, 0.1) is 16.8 Å². The summed E-state index contributed by atoms with van der Waals surface area (Å²) in [6, 6.07) is 6.49. The minimum absolute atomic E-state index is 0.0700. The molecule has 1 aromatic carbocycles. The number of nitrogens with zero attached hydrogens (tertiary/aromatic N) is 4. The van der Waals surface area contributed by atoms with Crippen molar-refractivity contribution < 1.29 is 4.92 Å². The molecule has 0 amide bonds. The zero-order chi connectivity index (χ0) is 14.1. The van der Waals surface area contributed by atoms with Crippen LogP contribution in [-0.4, -0.2) is 19.7 Å². The summed E-state index contributed by atoms with van der Waals surface area (Å²) in [7, 11) is 1.84. The van der Waals surface area contributed by atoms with Gasteiger partial charge in [-0.25, -0.2) is 4.98 Å². The molecule has 0 aliphatic heterocycles. The van der Waals surface area contributed by atoms with Gasteiger partial charge in [0.15, 0.2) is 0 Å². The number of hydrogen-bond acceptors (Lipinski definition) is 5. The van der Waals surface area contributed by atoms with Gasteiger partial charge in [-0.2, -0.15) is 5.10 Å². The van der Waals surface area contributed by atoms with E-state index in [0.717, 1.165) is 21.8 Å². The minimum Gasteiger partial charge on any atom is -0.275 e. The van der Waals surface area contributed by atoms with Crippen molar-refractivity contribution in [3.63, 3.8) is 0 Å². The maximum absolute atomic E-state index is 10.8. The molecule has 0 aliphatic rings. The molecule has 0 fully saturated rings. The molecule has 0 spiro atoms. The summed E-state index contributed by atoms with van der Waals surface area (Å²) >= 11 is 1.46. The summed E-state index contributed by atoms with van der Waals surface area (Å²) < 4.78 is 1.71. The van der Waals surface area contributed by atoms with Crippen LogP contribution < -0.4 is 0 Å². The molecule has 100 valence electrons. The maximum Gasteiger partial charge on any atom is 0.270 e. The van der Waals surface area contributed by atoms with Crippen LogP contribution in [0.2, 0.25) is 0 Å². The van der Waals surface area contributed by atoms with Gasteiger partial charge in [0.25, 0.3) is 5.69 Å². The number of aryl methyl sites for hydroxylation is 1. The number of nitro benzene ring substituents is 1. The fourth-order valence-corrected chi connectivity index (χ4v) is 2.67. The van der Waals surface area contributed by atoms with E-state index >= 15 is 0 Å². The van der Waals surface area contributed by atoms with Crippen molar-refractivity contribution in [2.45, 2.75) is 0 Å². The first kappa shape index (κ1) is 12.5. The molecule has 6 nitrogen and oxygen atoms in total. The fraction of sp³-hybridized carbons (Fsp3) is 0.0769. The lowest BCUT2D eigenvalue weighted by Crippen LogP contribution is -1.87. The van der Waals surface area contributed by atoms with Crippen LogP contribution in [0.4, 0.5) is 5.69 Å². The zero-order valence-electron chi connectivity index (χ0n) is 10.6. The number of rotatable bonds is 3. The molecular weight excluding hydrogens is 276 g/mol. The highest BCUT2D eigenvalue weighted by atomic mass is 32.1. The highest BCUT2D eigenvalue weighted by Crippen LogP contribution is 2.30. The first-order chi connectivity index (χ1) is 9.63. The third-order valence-corrected chi connectivity index (χ3v) is 3.70. The average Bonchev–Trinajstić information content (AvgIpc) is 3.07. The van der Waals surface area contributed by atoms with E-state index in [0.29, 0.717) is 0 Å². The summed E-state index contributed by atoms with van der Waals surface area (Å²) in [5, 5.41) is 17.6. The van der Waals surface area contributed by atoms with Crippen molar-refractivity contribution >= 4 is 17.0 Å². The molecule has 0 atom stereocenters. The van der Waals surface area contributed by atoms with Crippen LogP contribution >= 0.6 is 11.3 Å². The summed E-state index contributed by atoms with van der Waals surface area (Å²) in [5.41, 5.74) is 2.57. The summed E-state index contributed by atoms with van der Waals surface area (Å²) in [6.07, 6.45) is 3.62. The Hall–Kier alpha value is -2.54. The third kappa shape index (κ3) is 2.30. The van der Waals surface area contributed by atoms with Crippen LogP contribution in [0.5, 0.6) is 0 Å².